The summed E-state index contributed by atoms with van der Waals surface area (Å²) in [6.07, 6.45) is 0. The highest BCUT2D eigenvalue weighted by atomic mass is 35.5. The normalized spacial score (nSPS) is 11.7. The highest BCUT2D eigenvalue weighted by Crippen LogP contribution is 2.25. The van der Waals surface area contributed by atoms with E-state index in [1.165, 1.54) is 30.3 Å². The van der Waals surface area contributed by atoms with Crippen LogP contribution in [0.1, 0.15) is 0 Å². The number of amides is 2. The summed E-state index contributed by atoms with van der Waals surface area (Å²) in [5.74, 6) is -0.934. The van der Waals surface area contributed by atoms with E-state index in [-0.39, 0.29) is 30.7 Å². The molecule has 3 N–H and O–H groups in total. The van der Waals surface area contributed by atoms with Gasteiger partial charge >= 0.3 is 0 Å². The fraction of sp³-hybridized carbons (Fsp3) is 0.176. The minimum Gasteiger partial charge on any atom is -0.322 e. The van der Waals surface area contributed by atoms with Crippen molar-refractivity contribution in [2.45, 2.75) is 0 Å². The summed E-state index contributed by atoms with van der Waals surface area (Å²) in [5, 5.41) is 6.13. The van der Waals surface area contributed by atoms with Crippen molar-refractivity contribution in [3.63, 3.8) is 0 Å². The zero-order chi connectivity index (χ0) is 18.4. The van der Waals surface area contributed by atoms with Crippen LogP contribution in [0.25, 0.3) is 0 Å². The smallest absolute Gasteiger partial charge is 0.279 e. The molecule has 0 saturated heterocycles. The molecule has 0 aliphatic heterocycles. The molecule has 0 saturated carbocycles. The lowest BCUT2D eigenvalue weighted by atomic mass is 10.3. The topological polar surface area (TPSA) is 62.6 Å². The van der Waals surface area contributed by atoms with Crippen LogP contribution >= 0.6 is 23.2 Å². The zero-order valence-corrected chi connectivity index (χ0v) is 14.9. The molecule has 2 rings (SSSR count). The van der Waals surface area contributed by atoms with Gasteiger partial charge in [-0.2, -0.15) is 0 Å². The van der Waals surface area contributed by atoms with Gasteiger partial charge in [0, 0.05) is 10.7 Å². The molecule has 132 valence electrons. The van der Waals surface area contributed by atoms with Crippen LogP contribution in [0.2, 0.25) is 10.0 Å². The Morgan fingerprint density at radius 2 is 1.60 bits per heavy atom. The summed E-state index contributed by atoms with van der Waals surface area (Å²) >= 11 is 11.8. The number of carbonyl (C=O) groups excluding carboxylic acids is 2. The molecule has 25 heavy (non-hydrogen) atoms. The number of hydrogen-bond acceptors (Lipinski definition) is 2. The van der Waals surface area contributed by atoms with Crippen molar-refractivity contribution >= 4 is 46.4 Å². The number of halogens is 3. The van der Waals surface area contributed by atoms with E-state index in [0.29, 0.717) is 26.3 Å². The maximum atomic E-state index is 12.8. The van der Waals surface area contributed by atoms with Crippen LogP contribution in [0, 0.1) is 5.82 Å². The lowest BCUT2D eigenvalue weighted by Gasteiger charge is -2.14. The molecule has 0 heterocycles. The van der Waals surface area contributed by atoms with E-state index in [2.05, 4.69) is 10.6 Å². The number of benzene rings is 2. The SMILES string of the molecule is C[NH+](CC(=O)Nc1ccc(F)cc1)CC(=O)Nc1ccc(Cl)cc1Cl. The molecule has 0 aliphatic carbocycles. The van der Waals surface area contributed by atoms with Gasteiger partial charge in [-0.25, -0.2) is 4.39 Å². The van der Waals surface area contributed by atoms with Gasteiger partial charge < -0.3 is 15.5 Å². The third kappa shape index (κ3) is 6.34. The predicted molar refractivity (Wildman–Crippen MR) is 96.7 cm³/mol. The number of hydrogen-bond donors (Lipinski definition) is 3. The Morgan fingerprint density at radius 3 is 2.20 bits per heavy atom. The lowest BCUT2D eigenvalue weighted by Crippen LogP contribution is -3.11. The monoisotopic (exact) mass is 384 g/mol. The zero-order valence-electron chi connectivity index (χ0n) is 13.4. The highest BCUT2D eigenvalue weighted by molar-refractivity contribution is 6.36. The van der Waals surface area contributed by atoms with Crippen LogP contribution in [0.4, 0.5) is 15.8 Å². The number of carbonyl (C=O) groups is 2. The standard InChI is InChI=1S/C17H16Cl2FN3O2/c1-23(9-16(24)21-13-5-3-12(20)4-6-13)10-17(25)22-15-7-2-11(18)8-14(15)19/h2-8H,9-10H2,1H3,(H,21,24)(H,22,25)/p+1. The second-order valence-electron chi connectivity index (χ2n) is 5.54. The van der Waals surface area contributed by atoms with Crippen molar-refractivity contribution in [1.29, 1.82) is 0 Å². The molecule has 5 nitrogen and oxygen atoms in total. The number of rotatable bonds is 6. The van der Waals surface area contributed by atoms with Crippen molar-refractivity contribution in [3.8, 4) is 0 Å². The maximum Gasteiger partial charge on any atom is 0.279 e. The molecular formula is C17H17Cl2FN3O2+. The van der Waals surface area contributed by atoms with Gasteiger partial charge in [0.1, 0.15) is 5.82 Å². The fourth-order valence-electron chi connectivity index (χ4n) is 2.13. The summed E-state index contributed by atoms with van der Waals surface area (Å²) in [4.78, 5) is 24.7. The van der Waals surface area contributed by atoms with E-state index < -0.39 is 0 Å². The lowest BCUT2D eigenvalue weighted by molar-refractivity contribution is -0.862. The second kappa shape index (κ2) is 8.80. The minimum absolute atomic E-state index is 0.0792. The van der Waals surface area contributed by atoms with Gasteiger partial charge in [0.15, 0.2) is 13.1 Å². The average molecular weight is 385 g/mol. The molecule has 0 radical (unpaired) electrons. The number of quaternary nitrogens is 1. The Labute approximate surface area is 154 Å². The van der Waals surface area contributed by atoms with Gasteiger partial charge in [0.2, 0.25) is 0 Å². The summed E-state index contributed by atoms with van der Waals surface area (Å²) in [6.45, 7) is 0.162. The summed E-state index contributed by atoms with van der Waals surface area (Å²) in [5.41, 5.74) is 0.955. The van der Waals surface area contributed by atoms with Crippen molar-refractivity contribution in [1.82, 2.24) is 0 Å². The van der Waals surface area contributed by atoms with Gasteiger partial charge in [-0.3, -0.25) is 9.59 Å². The summed E-state index contributed by atoms with van der Waals surface area (Å²) in [6, 6.07) is 10.2. The Hall–Kier alpha value is -2.15. The molecule has 8 heteroatoms. The van der Waals surface area contributed by atoms with Crippen LogP contribution in [-0.4, -0.2) is 32.0 Å². The van der Waals surface area contributed by atoms with Crippen LogP contribution in [0.15, 0.2) is 42.5 Å². The summed E-state index contributed by atoms with van der Waals surface area (Å²) in [7, 11) is 1.72. The third-order valence-electron chi connectivity index (χ3n) is 3.26. The van der Waals surface area contributed by atoms with Gasteiger partial charge in [-0.1, -0.05) is 23.2 Å². The fourth-order valence-corrected chi connectivity index (χ4v) is 2.59. The molecule has 2 aromatic rings. The Kier molecular flexibility index (Phi) is 6.75. The first kappa shape index (κ1) is 19.2. The van der Waals surface area contributed by atoms with Crippen molar-refractivity contribution in [2.24, 2.45) is 0 Å². The molecule has 2 amide bonds. The minimum atomic E-state index is -0.377. The maximum absolute atomic E-state index is 12.8. The van der Waals surface area contributed by atoms with Crippen LogP contribution < -0.4 is 15.5 Å². The second-order valence-corrected chi connectivity index (χ2v) is 6.38. The van der Waals surface area contributed by atoms with Crippen LogP contribution in [0.3, 0.4) is 0 Å². The third-order valence-corrected chi connectivity index (χ3v) is 3.81. The highest BCUT2D eigenvalue weighted by Gasteiger charge is 2.15. The van der Waals surface area contributed by atoms with Gasteiger partial charge in [0.25, 0.3) is 11.8 Å². The average Bonchev–Trinajstić information content (AvgIpc) is 2.52. The molecule has 1 atom stereocenters. The molecular weight excluding hydrogens is 368 g/mol. The molecule has 1 unspecified atom stereocenters. The van der Waals surface area contributed by atoms with E-state index in [9.17, 15) is 14.0 Å². The van der Waals surface area contributed by atoms with E-state index in [4.69, 9.17) is 23.2 Å². The first-order valence-corrected chi connectivity index (χ1v) is 8.20. The number of likely N-dealkylation sites (N-methyl/N-ethyl adjacent to an activating group) is 1. The molecule has 2 aromatic carbocycles. The number of anilines is 2. The summed E-state index contributed by atoms with van der Waals surface area (Å²) < 4.78 is 12.8. The Morgan fingerprint density at radius 1 is 1.00 bits per heavy atom. The largest absolute Gasteiger partial charge is 0.322 e. The van der Waals surface area contributed by atoms with Crippen LogP contribution in [0.5, 0.6) is 0 Å². The number of nitrogens with one attached hydrogen (secondary N) is 3. The molecule has 0 spiro atoms. The van der Waals surface area contributed by atoms with Crippen LogP contribution in [-0.2, 0) is 9.59 Å². The quantitative estimate of drug-likeness (QED) is 0.714. The van der Waals surface area contributed by atoms with Crippen molar-refractivity contribution < 1.29 is 18.9 Å². The first-order chi connectivity index (χ1) is 11.8. The van der Waals surface area contributed by atoms with Crippen molar-refractivity contribution in [2.75, 3.05) is 30.8 Å². The molecule has 0 aliphatic rings. The van der Waals surface area contributed by atoms with E-state index in [1.54, 1.807) is 19.2 Å². The van der Waals surface area contributed by atoms with Gasteiger partial charge in [-0.15, -0.1) is 0 Å². The first-order valence-electron chi connectivity index (χ1n) is 7.45. The van der Waals surface area contributed by atoms with Gasteiger partial charge in [0.05, 0.1) is 17.8 Å². The van der Waals surface area contributed by atoms with E-state index >= 15 is 0 Å². The van der Waals surface area contributed by atoms with Crippen molar-refractivity contribution in [3.05, 3.63) is 58.3 Å². The Bertz CT molecular complexity index is 769. The van der Waals surface area contributed by atoms with E-state index in [1.807, 2.05) is 0 Å². The molecule has 0 aromatic heterocycles. The molecule has 0 bridgehead atoms. The van der Waals surface area contributed by atoms with E-state index in [0.717, 1.165) is 0 Å². The predicted octanol–water partition coefficient (Wildman–Crippen LogP) is 2.22. The Balaban J connectivity index is 1.82. The van der Waals surface area contributed by atoms with Gasteiger partial charge in [-0.05, 0) is 42.5 Å². The molecule has 0 fully saturated rings.